The van der Waals surface area contributed by atoms with Gasteiger partial charge in [0.15, 0.2) is 0 Å². The molecule has 5 heteroatoms. The Labute approximate surface area is 124 Å². The van der Waals surface area contributed by atoms with E-state index in [4.69, 9.17) is 0 Å². The third-order valence-corrected chi connectivity index (χ3v) is 4.91. The van der Waals surface area contributed by atoms with Gasteiger partial charge in [-0.1, -0.05) is 0 Å². The predicted molar refractivity (Wildman–Crippen MR) is 79.7 cm³/mol. The van der Waals surface area contributed by atoms with Gasteiger partial charge in [-0.15, -0.1) is 12.4 Å². The topological polar surface area (TPSA) is 29.9 Å². The van der Waals surface area contributed by atoms with Crippen LogP contribution in [0.4, 0.5) is 4.39 Å². The second kappa shape index (κ2) is 5.01. The van der Waals surface area contributed by atoms with E-state index in [0.717, 1.165) is 36.0 Å². The molecule has 0 amide bonds. The summed E-state index contributed by atoms with van der Waals surface area (Å²) in [6.07, 6.45) is 5.91. The van der Waals surface area contributed by atoms with Gasteiger partial charge >= 0.3 is 0 Å². The summed E-state index contributed by atoms with van der Waals surface area (Å²) < 4.78 is 15.5. The normalized spacial score (nSPS) is 28.6. The molecule has 3 nitrogen and oxygen atoms in total. The highest BCUT2D eigenvalue weighted by Crippen LogP contribution is 2.45. The molecule has 4 rings (SSSR count). The SMILES string of the molecule is Cl.Cn1cc(C2CC3CNCC3C2)c2cc(F)cnc21. The van der Waals surface area contributed by atoms with Crippen molar-refractivity contribution in [3.8, 4) is 0 Å². The number of nitrogens with zero attached hydrogens (tertiary/aromatic N) is 2. The number of aryl methyl sites for hydroxylation is 1. The molecule has 2 unspecified atom stereocenters. The lowest BCUT2D eigenvalue weighted by Gasteiger charge is -2.10. The second-order valence-electron chi connectivity index (χ2n) is 6.07. The zero-order valence-electron chi connectivity index (χ0n) is 11.5. The Morgan fingerprint density at radius 1 is 1.30 bits per heavy atom. The van der Waals surface area contributed by atoms with Gasteiger partial charge in [0, 0.05) is 18.6 Å². The zero-order chi connectivity index (χ0) is 13.0. The Kier molecular flexibility index (Phi) is 3.46. The molecule has 3 heterocycles. The fraction of sp³-hybridized carbons (Fsp3) is 0.533. The highest BCUT2D eigenvalue weighted by atomic mass is 35.5. The Hall–Kier alpha value is -1.13. The quantitative estimate of drug-likeness (QED) is 0.877. The van der Waals surface area contributed by atoms with E-state index in [1.165, 1.54) is 24.6 Å². The van der Waals surface area contributed by atoms with Crippen molar-refractivity contribution in [2.75, 3.05) is 13.1 Å². The van der Waals surface area contributed by atoms with Crippen LogP contribution in [0, 0.1) is 17.7 Å². The van der Waals surface area contributed by atoms with E-state index in [-0.39, 0.29) is 18.2 Å². The summed E-state index contributed by atoms with van der Waals surface area (Å²) in [5, 5.41) is 4.47. The first-order chi connectivity index (χ1) is 9.22. The van der Waals surface area contributed by atoms with Crippen LogP contribution >= 0.6 is 12.4 Å². The first-order valence-electron chi connectivity index (χ1n) is 7.03. The monoisotopic (exact) mass is 295 g/mol. The number of hydrogen-bond acceptors (Lipinski definition) is 2. The van der Waals surface area contributed by atoms with Crippen LogP contribution in [0.25, 0.3) is 11.0 Å². The highest BCUT2D eigenvalue weighted by Gasteiger charge is 2.38. The molecular formula is C15H19ClFN3. The number of rotatable bonds is 1. The van der Waals surface area contributed by atoms with Gasteiger partial charge in [0.25, 0.3) is 0 Å². The number of aromatic nitrogens is 2. The lowest BCUT2D eigenvalue weighted by molar-refractivity contribution is 0.494. The fourth-order valence-electron chi connectivity index (χ4n) is 4.01. The van der Waals surface area contributed by atoms with Crippen LogP contribution in [0.15, 0.2) is 18.5 Å². The standard InChI is InChI=1S/C15H18FN3.ClH/c1-19-8-14(13-4-12(16)7-18-15(13)19)9-2-10-5-17-6-11(10)3-9;/h4,7-11,17H,2-3,5-6H2,1H3;1H. The third-order valence-electron chi connectivity index (χ3n) is 4.91. The van der Waals surface area contributed by atoms with Crippen LogP contribution in [0.5, 0.6) is 0 Å². The third kappa shape index (κ3) is 2.02. The minimum Gasteiger partial charge on any atom is -0.335 e. The average Bonchev–Trinajstić information content (AvgIpc) is 3.02. The van der Waals surface area contributed by atoms with Crippen LogP contribution in [-0.4, -0.2) is 22.6 Å². The maximum absolute atomic E-state index is 13.5. The molecule has 2 aromatic heterocycles. The highest BCUT2D eigenvalue weighted by molar-refractivity contribution is 5.85. The van der Waals surface area contributed by atoms with E-state index in [2.05, 4.69) is 16.5 Å². The predicted octanol–water partition coefficient (Wildman–Crippen LogP) is 2.85. The Balaban J connectivity index is 0.00000121. The number of nitrogens with one attached hydrogen (secondary N) is 1. The summed E-state index contributed by atoms with van der Waals surface area (Å²) in [5.41, 5.74) is 2.19. The van der Waals surface area contributed by atoms with E-state index in [1.54, 1.807) is 6.07 Å². The van der Waals surface area contributed by atoms with E-state index >= 15 is 0 Å². The molecule has 1 aliphatic carbocycles. The molecule has 20 heavy (non-hydrogen) atoms. The molecule has 1 saturated heterocycles. The summed E-state index contributed by atoms with van der Waals surface area (Å²) in [5.74, 6) is 1.95. The van der Waals surface area contributed by atoms with Gasteiger partial charge < -0.3 is 9.88 Å². The van der Waals surface area contributed by atoms with Crippen molar-refractivity contribution in [2.24, 2.45) is 18.9 Å². The molecule has 1 aliphatic heterocycles. The number of pyridine rings is 1. The van der Waals surface area contributed by atoms with Crippen molar-refractivity contribution >= 4 is 23.4 Å². The van der Waals surface area contributed by atoms with E-state index < -0.39 is 0 Å². The molecule has 2 aliphatic rings. The van der Waals surface area contributed by atoms with E-state index in [1.807, 2.05) is 11.6 Å². The maximum Gasteiger partial charge on any atom is 0.142 e. The fourth-order valence-corrected chi connectivity index (χ4v) is 4.01. The zero-order valence-corrected chi connectivity index (χ0v) is 12.3. The van der Waals surface area contributed by atoms with Crippen molar-refractivity contribution < 1.29 is 4.39 Å². The summed E-state index contributed by atoms with van der Waals surface area (Å²) in [4.78, 5) is 4.22. The molecule has 0 radical (unpaired) electrons. The van der Waals surface area contributed by atoms with Gasteiger partial charge in [0.05, 0.1) is 6.20 Å². The smallest absolute Gasteiger partial charge is 0.142 e. The van der Waals surface area contributed by atoms with Crippen LogP contribution in [0.2, 0.25) is 0 Å². The van der Waals surface area contributed by atoms with Crippen LogP contribution < -0.4 is 5.32 Å². The molecule has 108 valence electrons. The molecule has 1 N–H and O–H groups in total. The van der Waals surface area contributed by atoms with Crippen LogP contribution in [0.1, 0.15) is 24.3 Å². The number of fused-ring (bicyclic) bond motifs is 2. The summed E-state index contributed by atoms with van der Waals surface area (Å²) in [6.45, 7) is 2.30. The largest absolute Gasteiger partial charge is 0.335 e. The Morgan fingerprint density at radius 2 is 2.00 bits per heavy atom. The van der Waals surface area contributed by atoms with Crippen LogP contribution in [-0.2, 0) is 7.05 Å². The van der Waals surface area contributed by atoms with Gasteiger partial charge in [0.1, 0.15) is 11.5 Å². The maximum atomic E-state index is 13.5. The van der Waals surface area contributed by atoms with Crippen LogP contribution in [0.3, 0.4) is 0 Å². The summed E-state index contributed by atoms with van der Waals surface area (Å²) in [7, 11) is 1.99. The van der Waals surface area contributed by atoms with Gasteiger partial charge in [-0.05, 0) is 55.3 Å². The van der Waals surface area contributed by atoms with Gasteiger partial charge in [-0.25, -0.2) is 9.37 Å². The van der Waals surface area contributed by atoms with Crippen molar-refractivity contribution in [3.05, 3.63) is 29.8 Å². The summed E-state index contributed by atoms with van der Waals surface area (Å²) in [6, 6.07) is 1.64. The molecule has 0 aromatic carbocycles. The van der Waals surface area contributed by atoms with Crippen molar-refractivity contribution in [1.29, 1.82) is 0 Å². The van der Waals surface area contributed by atoms with Crippen molar-refractivity contribution in [3.63, 3.8) is 0 Å². The van der Waals surface area contributed by atoms with Gasteiger partial charge in [-0.2, -0.15) is 0 Å². The lowest BCUT2D eigenvalue weighted by atomic mass is 9.96. The molecule has 2 aromatic rings. The minimum absolute atomic E-state index is 0. The van der Waals surface area contributed by atoms with Gasteiger partial charge in [0.2, 0.25) is 0 Å². The molecule has 1 saturated carbocycles. The minimum atomic E-state index is -0.236. The number of halogens is 2. The van der Waals surface area contributed by atoms with Crippen molar-refractivity contribution in [2.45, 2.75) is 18.8 Å². The lowest BCUT2D eigenvalue weighted by Crippen LogP contribution is -2.11. The Morgan fingerprint density at radius 3 is 2.70 bits per heavy atom. The first-order valence-corrected chi connectivity index (χ1v) is 7.03. The molecule has 2 fully saturated rings. The first kappa shape index (κ1) is 13.8. The second-order valence-corrected chi connectivity index (χ2v) is 6.07. The Bertz CT molecular complexity index is 627. The molecular weight excluding hydrogens is 277 g/mol. The van der Waals surface area contributed by atoms with Gasteiger partial charge in [-0.3, -0.25) is 0 Å². The van der Waals surface area contributed by atoms with E-state index in [0.29, 0.717) is 5.92 Å². The molecule has 0 bridgehead atoms. The molecule has 2 atom stereocenters. The molecule has 0 spiro atoms. The summed E-state index contributed by atoms with van der Waals surface area (Å²) >= 11 is 0. The average molecular weight is 296 g/mol. The number of hydrogen-bond donors (Lipinski definition) is 1. The van der Waals surface area contributed by atoms with Crippen molar-refractivity contribution in [1.82, 2.24) is 14.9 Å². The van der Waals surface area contributed by atoms with E-state index in [9.17, 15) is 4.39 Å².